The number of hydrogen-bond acceptors (Lipinski definition) is 6. The standard InChI is InChI=1S/C24H26N2O5/c1-2-25-18-10-3-5-12-20(18)31-24(29)16-9-14-22-26(17-8-7-15-23(27)28)19-11-4-6-13-21(19)30-22/h3-6,9-14,16,25H,2,7-8,15,17H2,1H3,(H,27,28)/b16-9+,22-14+. The first-order valence-electron chi connectivity index (χ1n) is 10.3. The Morgan fingerprint density at radius 3 is 2.71 bits per heavy atom. The van der Waals surface area contributed by atoms with Crippen LogP contribution in [0.5, 0.6) is 11.5 Å². The van der Waals surface area contributed by atoms with Crippen LogP contribution < -0.4 is 19.7 Å². The minimum atomic E-state index is -0.800. The Bertz CT molecular complexity index is 983. The lowest BCUT2D eigenvalue weighted by molar-refractivity contribution is -0.137. The second-order valence-corrected chi connectivity index (χ2v) is 6.88. The molecule has 0 radical (unpaired) electrons. The van der Waals surface area contributed by atoms with E-state index in [1.165, 1.54) is 6.08 Å². The van der Waals surface area contributed by atoms with E-state index in [9.17, 15) is 9.59 Å². The third-order valence-corrected chi connectivity index (χ3v) is 4.59. The van der Waals surface area contributed by atoms with Crippen molar-refractivity contribution < 1.29 is 24.2 Å². The summed E-state index contributed by atoms with van der Waals surface area (Å²) in [4.78, 5) is 25.0. The van der Waals surface area contributed by atoms with E-state index in [-0.39, 0.29) is 6.42 Å². The molecular weight excluding hydrogens is 396 g/mol. The van der Waals surface area contributed by atoms with Crippen LogP contribution in [-0.4, -0.2) is 30.1 Å². The van der Waals surface area contributed by atoms with Gasteiger partial charge in [-0.1, -0.05) is 24.3 Å². The highest BCUT2D eigenvalue weighted by atomic mass is 16.5. The van der Waals surface area contributed by atoms with E-state index in [0.717, 1.165) is 23.7 Å². The van der Waals surface area contributed by atoms with E-state index in [2.05, 4.69) is 5.32 Å². The number of fused-ring (bicyclic) bond motifs is 1. The van der Waals surface area contributed by atoms with E-state index in [0.29, 0.717) is 31.0 Å². The quantitative estimate of drug-likeness (QED) is 0.251. The van der Waals surface area contributed by atoms with Gasteiger partial charge in [0.2, 0.25) is 5.88 Å². The third-order valence-electron chi connectivity index (χ3n) is 4.59. The second-order valence-electron chi connectivity index (χ2n) is 6.88. The average Bonchev–Trinajstić information content (AvgIpc) is 3.10. The zero-order valence-corrected chi connectivity index (χ0v) is 17.4. The molecule has 31 heavy (non-hydrogen) atoms. The molecule has 7 nitrogen and oxygen atoms in total. The fourth-order valence-electron chi connectivity index (χ4n) is 3.20. The number of benzene rings is 2. The number of carboxylic acids is 1. The molecule has 0 bridgehead atoms. The monoisotopic (exact) mass is 422 g/mol. The van der Waals surface area contributed by atoms with Crippen molar-refractivity contribution in [3.05, 3.63) is 72.6 Å². The minimum absolute atomic E-state index is 0.134. The van der Waals surface area contributed by atoms with Gasteiger partial charge in [0.15, 0.2) is 11.5 Å². The fraction of sp³-hybridized carbons (Fsp3) is 0.250. The summed E-state index contributed by atoms with van der Waals surface area (Å²) in [7, 11) is 0. The Kier molecular flexibility index (Phi) is 7.70. The summed E-state index contributed by atoms with van der Waals surface area (Å²) in [5.41, 5.74) is 1.67. The van der Waals surface area contributed by atoms with Crippen molar-refractivity contribution in [2.75, 3.05) is 23.3 Å². The Morgan fingerprint density at radius 2 is 1.90 bits per heavy atom. The van der Waals surface area contributed by atoms with Crippen LogP contribution in [-0.2, 0) is 9.59 Å². The molecular formula is C24H26N2O5. The molecule has 0 aliphatic carbocycles. The van der Waals surface area contributed by atoms with Crippen molar-refractivity contribution in [1.82, 2.24) is 0 Å². The van der Waals surface area contributed by atoms with E-state index in [4.69, 9.17) is 14.6 Å². The number of nitrogens with zero attached hydrogens (tertiary/aromatic N) is 1. The molecule has 0 saturated carbocycles. The normalized spacial score (nSPS) is 13.8. The molecule has 1 aliphatic rings. The lowest BCUT2D eigenvalue weighted by atomic mass is 10.2. The minimum Gasteiger partial charge on any atom is -0.481 e. The first-order chi connectivity index (χ1) is 15.1. The van der Waals surface area contributed by atoms with Gasteiger partial charge in [0.25, 0.3) is 0 Å². The molecule has 0 fully saturated rings. The first-order valence-corrected chi connectivity index (χ1v) is 10.3. The summed E-state index contributed by atoms with van der Waals surface area (Å²) in [6, 6.07) is 14.9. The summed E-state index contributed by atoms with van der Waals surface area (Å²) in [6.45, 7) is 3.30. The average molecular weight is 422 g/mol. The van der Waals surface area contributed by atoms with Crippen molar-refractivity contribution in [1.29, 1.82) is 0 Å². The van der Waals surface area contributed by atoms with Crippen LogP contribution in [0.25, 0.3) is 0 Å². The number of anilines is 2. The highest BCUT2D eigenvalue weighted by molar-refractivity contribution is 5.85. The fourth-order valence-corrected chi connectivity index (χ4v) is 3.20. The number of ether oxygens (including phenoxy) is 2. The molecule has 0 saturated heterocycles. The number of aliphatic carboxylic acids is 1. The van der Waals surface area contributed by atoms with Crippen LogP contribution in [0.15, 0.2) is 72.6 Å². The summed E-state index contributed by atoms with van der Waals surface area (Å²) >= 11 is 0. The van der Waals surface area contributed by atoms with Gasteiger partial charge in [-0.25, -0.2) is 4.79 Å². The van der Waals surface area contributed by atoms with Gasteiger partial charge in [0.05, 0.1) is 11.4 Å². The van der Waals surface area contributed by atoms with Gasteiger partial charge in [-0.05, 0) is 56.2 Å². The van der Waals surface area contributed by atoms with Gasteiger partial charge >= 0.3 is 11.9 Å². The molecule has 0 aromatic heterocycles. The number of para-hydroxylation sites is 4. The van der Waals surface area contributed by atoms with Crippen molar-refractivity contribution in [3.63, 3.8) is 0 Å². The maximum Gasteiger partial charge on any atom is 0.336 e. The number of carbonyl (C=O) groups is 2. The number of carbonyl (C=O) groups excluding carboxylic acids is 1. The number of carboxylic acid groups (broad SMARTS) is 1. The van der Waals surface area contributed by atoms with Gasteiger partial charge in [-0.3, -0.25) is 4.79 Å². The summed E-state index contributed by atoms with van der Waals surface area (Å²) < 4.78 is 11.3. The summed E-state index contributed by atoms with van der Waals surface area (Å²) in [6.07, 6.45) is 6.04. The Balaban J connectivity index is 1.66. The highest BCUT2D eigenvalue weighted by Gasteiger charge is 2.24. The maximum absolute atomic E-state index is 12.2. The van der Waals surface area contributed by atoms with Crippen LogP contribution in [0.2, 0.25) is 0 Å². The van der Waals surface area contributed by atoms with Crippen LogP contribution in [0.1, 0.15) is 26.2 Å². The molecule has 1 aliphatic heterocycles. The van der Waals surface area contributed by atoms with E-state index in [1.807, 2.05) is 48.2 Å². The smallest absolute Gasteiger partial charge is 0.336 e. The Morgan fingerprint density at radius 1 is 1.13 bits per heavy atom. The summed E-state index contributed by atoms with van der Waals surface area (Å²) in [5, 5.41) is 12.0. The van der Waals surface area contributed by atoms with Gasteiger partial charge in [0.1, 0.15) is 0 Å². The topological polar surface area (TPSA) is 88.1 Å². The Labute approximate surface area is 181 Å². The molecule has 3 rings (SSSR count). The van der Waals surface area contributed by atoms with Gasteiger partial charge < -0.3 is 24.8 Å². The number of nitrogens with one attached hydrogen (secondary N) is 1. The maximum atomic E-state index is 12.2. The Hall–Kier alpha value is -3.74. The number of hydrogen-bond donors (Lipinski definition) is 2. The number of rotatable bonds is 10. The largest absolute Gasteiger partial charge is 0.481 e. The lowest BCUT2D eigenvalue weighted by Gasteiger charge is -2.17. The van der Waals surface area contributed by atoms with Crippen LogP contribution in [0.3, 0.4) is 0 Å². The molecule has 2 N–H and O–H groups in total. The van der Waals surface area contributed by atoms with Gasteiger partial charge in [-0.2, -0.15) is 0 Å². The molecule has 2 aromatic carbocycles. The van der Waals surface area contributed by atoms with Crippen LogP contribution in [0.4, 0.5) is 11.4 Å². The van der Waals surface area contributed by atoms with Crippen molar-refractivity contribution in [2.45, 2.75) is 26.2 Å². The molecule has 1 heterocycles. The molecule has 0 amide bonds. The SMILES string of the molecule is CCNc1ccccc1OC(=O)/C=C/C=C1/Oc2ccccc2N1CCCCC(=O)O. The number of esters is 1. The van der Waals surface area contributed by atoms with Crippen molar-refractivity contribution in [3.8, 4) is 11.5 Å². The van der Waals surface area contributed by atoms with E-state index < -0.39 is 11.9 Å². The molecule has 162 valence electrons. The van der Waals surface area contributed by atoms with E-state index >= 15 is 0 Å². The first kappa shape index (κ1) is 22.0. The molecule has 7 heteroatoms. The third kappa shape index (κ3) is 6.12. The predicted molar refractivity (Wildman–Crippen MR) is 119 cm³/mol. The summed E-state index contributed by atoms with van der Waals surface area (Å²) in [5.74, 6) is 0.476. The van der Waals surface area contributed by atoms with E-state index in [1.54, 1.807) is 24.3 Å². The molecule has 0 spiro atoms. The second kappa shape index (κ2) is 10.9. The van der Waals surface area contributed by atoms with Crippen LogP contribution in [0, 0.1) is 0 Å². The number of unbranched alkanes of at least 4 members (excludes halogenated alkanes) is 1. The number of allylic oxidation sites excluding steroid dienone is 2. The highest BCUT2D eigenvalue weighted by Crippen LogP contribution is 2.38. The van der Waals surface area contributed by atoms with Crippen molar-refractivity contribution >= 4 is 23.3 Å². The molecule has 0 unspecified atom stereocenters. The zero-order chi connectivity index (χ0) is 22.1. The lowest BCUT2D eigenvalue weighted by Crippen LogP contribution is -2.21. The van der Waals surface area contributed by atoms with Crippen LogP contribution >= 0.6 is 0 Å². The zero-order valence-electron chi connectivity index (χ0n) is 17.4. The molecule has 2 aromatic rings. The van der Waals surface area contributed by atoms with Gasteiger partial charge in [-0.15, -0.1) is 0 Å². The molecule has 0 atom stereocenters. The van der Waals surface area contributed by atoms with Crippen molar-refractivity contribution in [2.24, 2.45) is 0 Å². The van der Waals surface area contributed by atoms with Gasteiger partial charge in [0, 0.05) is 25.6 Å². The predicted octanol–water partition coefficient (Wildman–Crippen LogP) is 4.58.